The number of H-pyrrole nitrogens is 1. The molecule has 2 heterocycles. The van der Waals surface area contributed by atoms with Crippen molar-refractivity contribution >= 4 is 27.8 Å². The lowest BCUT2D eigenvalue weighted by atomic mass is 9.91. The number of nitrogens with one attached hydrogen (secondary N) is 1. The maximum absolute atomic E-state index is 15.6. The number of fused-ring (bicyclic) bond motifs is 2. The van der Waals surface area contributed by atoms with Crippen molar-refractivity contribution in [3.63, 3.8) is 0 Å². The van der Waals surface area contributed by atoms with Gasteiger partial charge in [0, 0.05) is 34.6 Å². The average Bonchev–Trinajstić information content (AvgIpc) is 3.27. The van der Waals surface area contributed by atoms with E-state index >= 15 is 4.39 Å². The molecule has 0 fully saturated rings. The van der Waals surface area contributed by atoms with E-state index in [4.69, 9.17) is 0 Å². The summed E-state index contributed by atoms with van der Waals surface area (Å²) in [6.45, 7) is 4.76. The van der Waals surface area contributed by atoms with E-state index in [0.717, 1.165) is 19.1 Å². The molecule has 9 heteroatoms. The van der Waals surface area contributed by atoms with E-state index in [1.165, 1.54) is 12.3 Å². The van der Waals surface area contributed by atoms with Gasteiger partial charge in [-0.3, -0.25) is 5.10 Å². The molecule has 0 bridgehead atoms. The zero-order chi connectivity index (χ0) is 22.7. The quantitative estimate of drug-likeness (QED) is 0.436. The van der Waals surface area contributed by atoms with Gasteiger partial charge in [0.1, 0.15) is 5.52 Å². The number of hydrogen-bond acceptors (Lipinski definition) is 3. The molecule has 31 heavy (non-hydrogen) atoms. The van der Waals surface area contributed by atoms with Crippen molar-refractivity contribution in [3.05, 3.63) is 59.2 Å². The topological polar surface area (TPSA) is 91.1 Å². The van der Waals surface area contributed by atoms with Crippen LogP contribution < -0.4 is 0 Å². The fraction of sp³-hybridized carbons (Fsp3) is 0.273. The first-order valence-corrected chi connectivity index (χ1v) is 9.63. The zero-order valence-corrected chi connectivity index (χ0v) is 17.0. The van der Waals surface area contributed by atoms with Gasteiger partial charge in [-0.05, 0) is 36.6 Å². The molecule has 1 unspecified atom stereocenters. The van der Waals surface area contributed by atoms with Gasteiger partial charge in [-0.1, -0.05) is 13.8 Å². The van der Waals surface area contributed by atoms with Crippen LogP contribution in [-0.2, 0) is 11.2 Å². The van der Waals surface area contributed by atoms with Gasteiger partial charge in [-0.2, -0.15) is 5.10 Å². The molecule has 0 amide bonds. The van der Waals surface area contributed by atoms with E-state index in [9.17, 15) is 23.8 Å². The maximum Gasteiger partial charge on any atom is 0.335 e. The van der Waals surface area contributed by atoms with Crippen molar-refractivity contribution in [1.82, 2.24) is 14.8 Å². The normalized spacial score (nSPS) is 13.9. The molecule has 2 aromatic carbocycles. The average molecular weight is 431 g/mol. The van der Waals surface area contributed by atoms with Crippen LogP contribution in [0.5, 0.6) is 0 Å². The number of carboxylic acid groups (broad SMARTS) is 1. The largest absolute Gasteiger partial charge is 0.479 e. The van der Waals surface area contributed by atoms with Gasteiger partial charge in [0.25, 0.3) is 0 Å². The number of nitrogens with zero attached hydrogens (tertiary/aromatic N) is 2. The van der Waals surface area contributed by atoms with Gasteiger partial charge in [-0.25, -0.2) is 18.0 Å². The van der Waals surface area contributed by atoms with Crippen LogP contribution in [0.15, 0.2) is 30.5 Å². The molecule has 4 aromatic rings. The molecule has 0 aliphatic carbocycles. The molecule has 162 valence electrons. The molecule has 1 atom stereocenters. The molecule has 4 rings (SSSR count). The molecule has 0 aliphatic rings. The Morgan fingerprint density at radius 2 is 1.94 bits per heavy atom. The molecule has 0 saturated heterocycles. The molecule has 0 spiro atoms. The van der Waals surface area contributed by atoms with Crippen LogP contribution in [0.3, 0.4) is 0 Å². The Balaban J connectivity index is 2.17. The van der Waals surface area contributed by atoms with Gasteiger partial charge in [0.05, 0.1) is 11.7 Å². The van der Waals surface area contributed by atoms with Crippen molar-refractivity contribution < 1.29 is 28.2 Å². The molecule has 6 nitrogen and oxygen atoms in total. The third-order valence-corrected chi connectivity index (χ3v) is 5.44. The van der Waals surface area contributed by atoms with Crippen LogP contribution in [0.1, 0.15) is 37.9 Å². The Hall–Kier alpha value is -3.33. The Kier molecular flexibility index (Phi) is 4.81. The van der Waals surface area contributed by atoms with Crippen LogP contribution in [0.4, 0.5) is 13.2 Å². The summed E-state index contributed by atoms with van der Waals surface area (Å²) in [5.41, 5.74) is -0.709. The summed E-state index contributed by atoms with van der Waals surface area (Å²) in [6, 6.07) is 4.97. The first kappa shape index (κ1) is 20.9. The first-order chi connectivity index (χ1) is 14.5. The minimum absolute atomic E-state index is 0.0895. The van der Waals surface area contributed by atoms with Gasteiger partial charge in [0.15, 0.2) is 23.1 Å². The fourth-order valence-electron chi connectivity index (χ4n) is 4.00. The van der Waals surface area contributed by atoms with E-state index < -0.39 is 29.0 Å². The Bertz CT molecular complexity index is 1340. The Morgan fingerprint density at radius 1 is 1.23 bits per heavy atom. The van der Waals surface area contributed by atoms with Gasteiger partial charge in [0.2, 0.25) is 0 Å². The summed E-state index contributed by atoms with van der Waals surface area (Å²) >= 11 is 0. The highest BCUT2D eigenvalue weighted by molar-refractivity contribution is 6.00. The number of halogens is 3. The molecular weight excluding hydrogens is 411 g/mol. The second kappa shape index (κ2) is 7.12. The first-order valence-electron chi connectivity index (χ1n) is 9.63. The van der Waals surface area contributed by atoms with E-state index in [0.29, 0.717) is 16.6 Å². The highest BCUT2D eigenvalue weighted by atomic mass is 19.2. The van der Waals surface area contributed by atoms with E-state index in [1.807, 2.05) is 13.8 Å². The SMILES string of the molecule is CC(C)c1c(CC(C)(O)C(=O)O)c2c(F)c3[nH]ncc3cc2n1-c1ccc(F)c(F)c1. The minimum atomic E-state index is -2.17. The second-order valence-electron chi connectivity index (χ2n) is 8.13. The minimum Gasteiger partial charge on any atom is -0.479 e. The van der Waals surface area contributed by atoms with Crippen LogP contribution in [0, 0.1) is 17.5 Å². The zero-order valence-electron chi connectivity index (χ0n) is 17.0. The van der Waals surface area contributed by atoms with Crippen LogP contribution in [-0.4, -0.2) is 36.5 Å². The smallest absolute Gasteiger partial charge is 0.335 e. The molecule has 0 aliphatic heterocycles. The summed E-state index contributed by atoms with van der Waals surface area (Å²) in [5, 5.41) is 26.9. The fourth-order valence-corrected chi connectivity index (χ4v) is 4.00. The van der Waals surface area contributed by atoms with E-state index in [-0.39, 0.29) is 34.5 Å². The van der Waals surface area contributed by atoms with Crippen molar-refractivity contribution in [2.45, 2.75) is 38.7 Å². The standard InChI is InChI=1S/C22H20F3N3O3/c1-10(2)20-13(8-22(3,31)21(29)30)17-16(6-11-9-26-27-19(11)18(17)25)28(20)12-4-5-14(23)15(24)7-12/h4-7,9-10,31H,8H2,1-3H3,(H,26,27)(H,29,30). The molecule has 0 radical (unpaired) electrons. The Labute approximate surface area is 174 Å². The number of rotatable bonds is 5. The third-order valence-electron chi connectivity index (χ3n) is 5.44. The van der Waals surface area contributed by atoms with Gasteiger partial charge in [-0.15, -0.1) is 0 Å². The van der Waals surface area contributed by atoms with Crippen LogP contribution in [0.2, 0.25) is 0 Å². The Morgan fingerprint density at radius 3 is 2.55 bits per heavy atom. The highest BCUT2D eigenvalue weighted by Gasteiger charge is 2.35. The predicted octanol–water partition coefficient (Wildman–Crippen LogP) is 4.43. The second-order valence-corrected chi connectivity index (χ2v) is 8.13. The van der Waals surface area contributed by atoms with Crippen LogP contribution >= 0.6 is 0 Å². The lowest BCUT2D eigenvalue weighted by molar-refractivity contribution is -0.156. The summed E-state index contributed by atoms with van der Waals surface area (Å²) in [7, 11) is 0. The van der Waals surface area contributed by atoms with Gasteiger partial charge >= 0.3 is 5.97 Å². The monoisotopic (exact) mass is 431 g/mol. The van der Waals surface area contributed by atoms with Crippen molar-refractivity contribution in [2.24, 2.45) is 0 Å². The van der Waals surface area contributed by atoms with E-state index in [1.54, 1.807) is 10.6 Å². The van der Waals surface area contributed by atoms with Crippen molar-refractivity contribution in [1.29, 1.82) is 0 Å². The molecular formula is C22H20F3N3O3. The van der Waals surface area contributed by atoms with Crippen molar-refractivity contribution in [3.8, 4) is 5.69 Å². The molecule has 0 saturated carbocycles. The number of carbonyl (C=O) groups is 1. The lowest BCUT2D eigenvalue weighted by Crippen LogP contribution is -2.37. The number of aliphatic hydroxyl groups is 1. The third kappa shape index (κ3) is 3.25. The predicted molar refractivity (Wildman–Crippen MR) is 109 cm³/mol. The number of carboxylic acids is 1. The number of hydrogen-bond donors (Lipinski definition) is 3. The summed E-state index contributed by atoms with van der Waals surface area (Å²) in [6.07, 6.45) is 1.04. The number of aromatic nitrogens is 3. The van der Waals surface area contributed by atoms with E-state index in [2.05, 4.69) is 10.2 Å². The van der Waals surface area contributed by atoms with Gasteiger partial charge < -0.3 is 14.8 Å². The number of aliphatic carboxylic acids is 1. The number of aromatic amines is 1. The van der Waals surface area contributed by atoms with Crippen LogP contribution in [0.25, 0.3) is 27.5 Å². The van der Waals surface area contributed by atoms with Crippen molar-refractivity contribution in [2.75, 3.05) is 0 Å². The summed E-state index contributed by atoms with van der Waals surface area (Å²) in [5.74, 6) is -4.49. The molecule has 2 aromatic heterocycles. The maximum atomic E-state index is 15.6. The summed E-state index contributed by atoms with van der Waals surface area (Å²) < 4.78 is 44.8. The lowest BCUT2D eigenvalue weighted by Gasteiger charge is -2.21. The number of benzene rings is 2. The molecule has 3 N–H and O–H groups in total. The highest BCUT2D eigenvalue weighted by Crippen LogP contribution is 2.39. The summed E-state index contributed by atoms with van der Waals surface area (Å²) in [4.78, 5) is 11.6.